The van der Waals surface area contributed by atoms with Crippen molar-refractivity contribution in [3.8, 4) is 11.5 Å². The van der Waals surface area contributed by atoms with E-state index in [1.165, 1.54) is 14.2 Å². The molecule has 0 saturated carbocycles. The molecule has 1 heterocycles. The molecule has 8 heteroatoms. The Morgan fingerprint density at radius 1 is 1.04 bits per heavy atom. The minimum atomic E-state index is -0.726. The van der Waals surface area contributed by atoms with E-state index in [1.54, 1.807) is 36.4 Å². The molecule has 0 aliphatic heterocycles. The SMILES string of the molecule is COc1cccc(C(=O)c2sc(Nc3ccccc3OC)c(C(N)=O)c2N)c1. The Balaban J connectivity index is 2.05. The predicted octanol–water partition coefficient (Wildman–Crippen LogP) is 3.42. The van der Waals surface area contributed by atoms with Crippen LogP contribution in [0.15, 0.2) is 48.5 Å². The van der Waals surface area contributed by atoms with Crippen molar-refractivity contribution in [1.29, 1.82) is 0 Å². The molecule has 0 bridgehead atoms. The van der Waals surface area contributed by atoms with Crippen molar-refractivity contribution in [2.75, 3.05) is 25.3 Å². The van der Waals surface area contributed by atoms with Gasteiger partial charge >= 0.3 is 0 Å². The molecule has 0 unspecified atom stereocenters. The third-order valence-electron chi connectivity index (χ3n) is 4.08. The lowest BCUT2D eigenvalue weighted by molar-refractivity contribution is 0.100. The van der Waals surface area contributed by atoms with E-state index in [0.717, 1.165) is 11.3 Å². The number of ether oxygens (including phenoxy) is 2. The van der Waals surface area contributed by atoms with Crippen LogP contribution in [0.2, 0.25) is 0 Å². The third-order valence-corrected chi connectivity index (χ3v) is 5.20. The molecule has 0 aliphatic rings. The summed E-state index contributed by atoms with van der Waals surface area (Å²) in [6.07, 6.45) is 0. The van der Waals surface area contributed by atoms with Crippen LogP contribution in [0.5, 0.6) is 11.5 Å². The maximum Gasteiger partial charge on any atom is 0.253 e. The minimum absolute atomic E-state index is 0.0442. The number of nitrogens with two attached hydrogens (primary N) is 2. The Labute approximate surface area is 165 Å². The number of nitrogen functional groups attached to an aromatic ring is 1. The van der Waals surface area contributed by atoms with Gasteiger partial charge in [0.15, 0.2) is 0 Å². The summed E-state index contributed by atoms with van der Waals surface area (Å²) in [6, 6.07) is 13.9. The van der Waals surface area contributed by atoms with Crippen LogP contribution in [0, 0.1) is 0 Å². The van der Waals surface area contributed by atoms with Gasteiger partial charge in [-0.3, -0.25) is 9.59 Å². The van der Waals surface area contributed by atoms with Gasteiger partial charge < -0.3 is 26.3 Å². The minimum Gasteiger partial charge on any atom is -0.497 e. The number of hydrogen-bond donors (Lipinski definition) is 3. The van der Waals surface area contributed by atoms with E-state index in [-0.39, 0.29) is 21.9 Å². The number of nitrogens with one attached hydrogen (secondary N) is 1. The summed E-state index contributed by atoms with van der Waals surface area (Å²) < 4.78 is 10.5. The second-order valence-corrected chi connectivity index (χ2v) is 6.82. The van der Waals surface area contributed by atoms with Crippen molar-refractivity contribution in [1.82, 2.24) is 0 Å². The molecule has 28 heavy (non-hydrogen) atoms. The van der Waals surface area contributed by atoms with Crippen molar-refractivity contribution in [2.24, 2.45) is 5.73 Å². The zero-order valence-corrected chi connectivity index (χ0v) is 16.1. The Morgan fingerprint density at radius 2 is 1.79 bits per heavy atom. The van der Waals surface area contributed by atoms with Crippen LogP contribution in [-0.4, -0.2) is 25.9 Å². The van der Waals surface area contributed by atoms with Gasteiger partial charge in [0.25, 0.3) is 5.91 Å². The number of carbonyl (C=O) groups excluding carboxylic acids is 2. The quantitative estimate of drug-likeness (QED) is 0.526. The van der Waals surface area contributed by atoms with Crippen molar-refractivity contribution in [2.45, 2.75) is 0 Å². The molecule has 0 radical (unpaired) electrons. The van der Waals surface area contributed by atoms with Crippen molar-refractivity contribution >= 4 is 39.4 Å². The largest absolute Gasteiger partial charge is 0.497 e. The van der Waals surface area contributed by atoms with Gasteiger partial charge in [0, 0.05) is 5.56 Å². The van der Waals surface area contributed by atoms with Gasteiger partial charge in [-0.05, 0) is 24.3 Å². The molecule has 0 saturated heterocycles. The van der Waals surface area contributed by atoms with E-state index < -0.39 is 5.91 Å². The zero-order chi connectivity index (χ0) is 20.3. The van der Waals surface area contributed by atoms with Crippen LogP contribution < -0.4 is 26.3 Å². The van der Waals surface area contributed by atoms with Gasteiger partial charge in [0.1, 0.15) is 21.4 Å². The first-order chi connectivity index (χ1) is 13.5. The Hall–Kier alpha value is -3.52. The third kappa shape index (κ3) is 3.63. The van der Waals surface area contributed by atoms with Crippen LogP contribution in [-0.2, 0) is 0 Å². The average molecular weight is 397 g/mol. The highest BCUT2D eigenvalue weighted by atomic mass is 32.1. The standard InChI is InChI=1S/C20H19N3O4S/c1-26-12-7-5-6-11(10-12)17(24)18-16(21)15(19(22)25)20(28-18)23-13-8-3-4-9-14(13)27-2/h3-10,23H,21H2,1-2H3,(H2,22,25). The monoisotopic (exact) mass is 397 g/mol. The lowest BCUT2D eigenvalue weighted by Crippen LogP contribution is -2.14. The van der Waals surface area contributed by atoms with Crippen molar-refractivity contribution in [3.63, 3.8) is 0 Å². The van der Waals surface area contributed by atoms with Gasteiger partial charge in [0.05, 0.1) is 31.2 Å². The predicted molar refractivity (Wildman–Crippen MR) is 110 cm³/mol. The second kappa shape index (κ2) is 8.01. The summed E-state index contributed by atoms with van der Waals surface area (Å²) >= 11 is 1.06. The van der Waals surface area contributed by atoms with E-state index >= 15 is 0 Å². The maximum atomic E-state index is 13.0. The topological polar surface area (TPSA) is 117 Å². The summed E-state index contributed by atoms with van der Waals surface area (Å²) in [5.41, 5.74) is 12.8. The Morgan fingerprint density at radius 3 is 2.46 bits per heavy atom. The number of methoxy groups -OCH3 is 2. The summed E-state index contributed by atoms with van der Waals surface area (Å²) in [6.45, 7) is 0. The number of thiophene rings is 1. The molecule has 0 atom stereocenters. The average Bonchev–Trinajstić information content (AvgIpc) is 3.03. The van der Waals surface area contributed by atoms with Crippen molar-refractivity contribution in [3.05, 3.63) is 64.5 Å². The molecule has 0 spiro atoms. The summed E-state index contributed by atoms with van der Waals surface area (Å²) in [5.74, 6) is 0.0712. The van der Waals surface area contributed by atoms with Gasteiger partial charge in [-0.15, -0.1) is 11.3 Å². The highest BCUT2D eigenvalue weighted by molar-refractivity contribution is 7.19. The fourth-order valence-electron chi connectivity index (χ4n) is 2.71. The first-order valence-corrected chi connectivity index (χ1v) is 9.08. The molecule has 5 N–H and O–H groups in total. The summed E-state index contributed by atoms with van der Waals surface area (Å²) in [7, 11) is 3.06. The number of para-hydroxylation sites is 2. The fourth-order valence-corrected chi connectivity index (χ4v) is 3.81. The normalized spacial score (nSPS) is 10.4. The van der Waals surface area contributed by atoms with Gasteiger partial charge in [0.2, 0.25) is 5.78 Å². The van der Waals surface area contributed by atoms with E-state index in [4.69, 9.17) is 20.9 Å². The Bertz CT molecular complexity index is 1050. The van der Waals surface area contributed by atoms with Crippen LogP contribution in [0.3, 0.4) is 0 Å². The number of primary amides is 1. The zero-order valence-electron chi connectivity index (χ0n) is 15.3. The molecule has 2 aromatic carbocycles. The van der Waals surface area contributed by atoms with Crippen LogP contribution in [0.1, 0.15) is 25.6 Å². The van der Waals surface area contributed by atoms with Crippen molar-refractivity contribution < 1.29 is 19.1 Å². The lowest BCUT2D eigenvalue weighted by atomic mass is 10.1. The van der Waals surface area contributed by atoms with E-state index in [9.17, 15) is 9.59 Å². The number of amides is 1. The van der Waals surface area contributed by atoms with Gasteiger partial charge in [-0.1, -0.05) is 24.3 Å². The van der Waals surface area contributed by atoms with Crippen LogP contribution >= 0.6 is 11.3 Å². The van der Waals surface area contributed by atoms with E-state index in [0.29, 0.717) is 27.8 Å². The number of carbonyl (C=O) groups is 2. The Kier molecular flexibility index (Phi) is 5.51. The number of benzene rings is 2. The second-order valence-electron chi connectivity index (χ2n) is 5.80. The molecule has 3 rings (SSSR count). The molecule has 1 aromatic heterocycles. The first kappa shape index (κ1) is 19.2. The molecular formula is C20H19N3O4S. The molecule has 0 aliphatic carbocycles. The fraction of sp³-hybridized carbons (Fsp3) is 0.100. The lowest BCUT2D eigenvalue weighted by Gasteiger charge is -2.10. The summed E-state index contributed by atoms with van der Waals surface area (Å²) in [5, 5.41) is 3.47. The number of anilines is 3. The van der Waals surface area contributed by atoms with Gasteiger partial charge in [-0.2, -0.15) is 0 Å². The summed E-state index contributed by atoms with van der Waals surface area (Å²) in [4.78, 5) is 25.2. The van der Waals surface area contributed by atoms with Gasteiger partial charge in [-0.25, -0.2) is 0 Å². The van der Waals surface area contributed by atoms with E-state index in [1.807, 2.05) is 12.1 Å². The molecule has 3 aromatic rings. The van der Waals surface area contributed by atoms with Crippen LogP contribution in [0.4, 0.5) is 16.4 Å². The maximum absolute atomic E-state index is 13.0. The van der Waals surface area contributed by atoms with E-state index in [2.05, 4.69) is 5.32 Å². The molecule has 7 nitrogen and oxygen atoms in total. The molecular weight excluding hydrogens is 378 g/mol. The molecule has 144 valence electrons. The number of rotatable bonds is 7. The molecule has 0 fully saturated rings. The smallest absolute Gasteiger partial charge is 0.253 e. The highest BCUT2D eigenvalue weighted by Crippen LogP contribution is 2.40. The van der Waals surface area contributed by atoms with Crippen LogP contribution in [0.25, 0.3) is 0 Å². The highest BCUT2D eigenvalue weighted by Gasteiger charge is 2.25. The number of ketones is 1. The number of hydrogen-bond acceptors (Lipinski definition) is 7. The molecule has 1 amide bonds. The first-order valence-electron chi connectivity index (χ1n) is 8.27.